The van der Waals surface area contributed by atoms with Gasteiger partial charge in [-0.05, 0) is 32.4 Å². The zero-order valence-electron chi connectivity index (χ0n) is 15.4. The number of aryl methyl sites for hydroxylation is 1. The van der Waals surface area contributed by atoms with E-state index in [-0.39, 0.29) is 30.0 Å². The Morgan fingerprint density at radius 3 is 2.65 bits per heavy atom. The molecule has 1 atom stereocenters. The number of aromatic nitrogens is 3. The van der Waals surface area contributed by atoms with E-state index in [1.807, 2.05) is 49.6 Å². The van der Waals surface area contributed by atoms with Gasteiger partial charge in [0, 0.05) is 24.7 Å². The predicted octanol–water partition coefficient (Wildman–Crippen LogP) is 2.09. The van der Waals surface area contributed by atoms with Gasteiger partial charge in [-0.1, -0.05) is 36.4 Å². The fourth-order valence-corrected chi connectivity index (χ4v) is 2.91. The molecule has 0 aliphatic carbocycles. The molecule has 2 N–H and O–H groups in total. The van der Waals surface area contributed by atoms with Crippen molar-refractivity contribution in [3.63, 3.8) is 0 Å². The summed E-state index contributed by atoms with van der Waals surface area (Å²) in [5.41, 5.74) is 2.12. The number of hydrogen-bond donors (Lipinski definition) is 2. The number of carbonyl (C=O) groups is 2. The molecule has 2 aromatic rings. The van der Waals surface area contributed by atoms with Gasteiger partial charge in [0.15, 0.2) is 5.16 Å². The highest BCUT2D eigenvalue weighted by atomic mass is 32.2. The maximum atomic E-state index is 12.0. The summed E-state index contributed by atoms with van der Waals surface area (Å²) in [4.78, 5) is 23.6. The minimum atomic E-state index is -0.134. The van der Waals surface area contributed by atoms with Crippen molar-refractivity contribution in [1.29, 1.82) is 0 Å². The highest BCUT2D eigenvalue weighted by molar-refractivity contribution is 7.99. The first-order valence-corrected chi connectivity index (χ1v) is 9.64. The van der Waals surface area contributed by atoms with Crippen LogP contribution in [0.1, 0.15) is 32.3 Å². The van der Waals surface area contributed by atoms with Crippen molar-refractivity contribution in [1.82, 2.24) is 25.4 Å². The van der Waals surface area contributed by atoms with Crippen LogP contribution in [-0.4, -0.2) is 44.9 Å². The van der Waals surface area contributed by atoms with E-state index in [2.05, 4.69) is 20.8 Å². The Labute approximate surface area is 158 Å². The zero-order chi connectivity index (χ0) is 18.9. The van der Waals surface area contributed by atoms with E-state index in [0.717, 1.165) is 12.1 Å². The molecule has 8 heteroatoms. The lowest BCUT2D eigenvalue weighted by atomic mass is 10.2. The number of carbonyl (C=O) groups excluding carboxylic acids is 2. The molecule has 0 spiro atoms. The molecule has 1 heterocycles. The summed E-state index contributed by atoms with van der Waals surface area (Å²) in [5, 5.41) is 14.3. The molecule has 0 saturated heterocycles. The lowest BCUT2D eigenvalue weighted by molar-refractivity contribution is -0.122. The summed E-state index contributed by atoms with van der Waals surface area (Å²) in [6, 6.07) is 8.15. The summed E-state index contributed by atoms with van der Waals surface area (Å²) in [5.74, 6) is 0.0357. The Balaban J connectivity index is 1.77. The molecule has 1 aromatic heterocycles. The molecule has 2 amide bonds. The van der Waals surface area contributed by atoms with Crippen molar-refractivity contribution in [2.45, 2.75) is 44.8 Å². The standard InChI is InChI=1S/C18H25N5O2S/c1-4-14(3)21-16(24)9-10-19-17(25)11-26-18-22-20-12-23(18)15-7-5-13(2)6-8-15/h5-8,12,14H,4,9-11H2,1-3H3,(H,19,25)(H,21,24). The summed E-state index contributed by atoms with van der Waals surface area (Å²) in [6.45, 7) is 6.32. The first-order chi connectivity index (χ1) is 12.5. The van der Waals surface area contributed by atoms with Gasteiger partial charge in [0.1, 0.15) is 6.33 Å². The number of hydrogen-bond acceptors (Lipinski definition) is 5. The maximum absolute atomic E-state index is 12.0. The van der Waals surface area contributed by atoms with Crippen molar-refractivity contribution in [2.24, 2.45) is 0 Å². The second-order valence-electron chi connectivity index (χ2n) is 6.08. The summed E-state index contributed by atoms with van der Waals surface area (Å²) in [7, 11) is 0. The fourth-order valence-electron chi connectivity index (χ4n) is 2.15. The molecule has 0 radical (unpaired) electrons. The first kappa shape index (κ1) is 20.0. The van der Waals surface area contributed by atoms with Gasteiger partial charge in [-0.25, -0.2) is 0 Å². The molecule has 1 aromatic carbocycles. The second kappa shape index (κ2) is 9.96. The number of nitrogens with zero attached hydrogens (tertiary/aromatic N) is 3. The monoisotopic (exact) mass is 375 g/mol. The van der Waals surface area contributed by atoms with Gasteiger partial charge in [0.2, 0.25) is 11.8 Å². The first-order valence-electron chi connectivity index (χ1n) is 8.65. The minimum absolute atomic E-state index is 0.0496. The van der Waals surface area contributed by atoms with Crippen molar-refractivity contribution in [3.05, 3.63) is 36.2 Å². The van der Waals surface area contributed by atoms with E-state index in [1.165, 1.54) is 17.3 Å². The van der Waals surface area contributed by atoms with Crippen LogP contribution in [0.2, 0.25) is 0 Å². The van der Waals surface area contributed by atoms with Crippen LogP contribution in [0.15, 0.2) is 35.7 Å². The molecule has 26 heavy (non-hydrogen) atoms. The van der Waals surface area contributed by atoms with Crippen LogP contribution in [0, 0.1) is 6.92 Å². The molecule has 2 rings (SSSR count). The maximum Gasteiger partial charge on any atom is 0.230 e. The number of benzene rings is 1. The second-order valence-corrected chi connectivity index (χ2v) is 7.03. The smallest absolute Gasteiger partial charge is 0.230 e. The van der Waals surface area contributed by atoms with E-state index in [1.54, 1.807) is 6.33 Å². The molecule has 0 bridgehead atoms. The minimum Gasteiger partial charge on any atom is -0.355 e. The SMILES string of the molecule is CCC(C)NC(=O)CCNC(=O)CSc1nncn1-c1ccc(C)cc1. The van der Waals surface area contributed by atoms with Crippen LogP contribution >= 0.6 is 11.8 Å². The van der Waals surface area contributed by atoms with Gasteiger partial charge in [0.25, 0.3) is 0 Å². The van der Waals surface area contributed by atoms with Crippen LogP contribution in [0.3, 0.4) is 0 Å². The van der Waals surface area contributed by atoms with E-state index in [9.17, 15) is 9.59 Å². The third-order valence-corrected chi connectivity index (χ3v) is 4.80. The number of nitrogens with one attached hydrogen (secondary N) is 2. The van der Waals surface area contributed by atoms with Crippen molar-refractivity contribution in [2.75, 3.05) is 12.3 Å². The van der Waals surface area contributed by atoms with Gasteiger partial charge < -0.3 is 10.6 Å². The fraction of sp³-hybridized carbons (Fsp3) is 0.444. The molecule has 140 valence electrons. The van der Waals surface area contributed by atoms with Gasteiger partial charge in [0.05, 0.1) is 5.75 Å². The normalized spacial score (nSPS) is 11.8. The van der Waals surface area contributed by atoms with Crippen LogP contribution in [0.5, 0.6) is 0 Å². The average Bonchev–Trinajstić information content (AvgIpc) is 3.09. The summed E-state index contributed by atoms with van der Waals surface area (Å²) >= 11 is 1.31. The molecule has 0 fully saturated rings. The van der Waals surface area contributed by atoms with E-state index in [0.29, 0.717) is 11.7 Å². The third-order valence-electron chi connectivity index (χ3n) is 3.85. The Morgan fingerprint density at radius 2 is 1.96 bits per heavy atom. The van der Waals surface area contributed by atoms with E-state index < -0.39 is 0 Å². The Hall–Kier alpha value is -2.35. The Kier molecular flexibility index (Phi) is 7.65. The van der Waals surface area contributed by atoms with Crippen LogP contribution in [-0.2, 0) is 9.59 Å². The van der Waals surface area contributed by atoms with Crippen molar-refractivity contribution in [3.8, 4) is 5.69 Å². The molecule has 1 unspecified atom stereocenters. The van der Waals surface area contributed by atoms with E-state index in [4.69, 9.17) is 0 Å². The molecular weight excluding hydrogens is 350 g/mol. The summed E-state index contributed by atoms with van der Waals surface area (Å²) < 4.78 is 1.84. The van der Waals surface area contributed by atoms with Crippen molar-refractivity contribution >= 4 is 23.6 Å². The van der Waals surface area contributed by atoms with Gasteiger partial charge in [-0.3, -0.25) is 14.2 Å². The highest BCUT2D eigenvalue weighted by Gasteiger charge is 2.11. The topological polar surface area (TPSA) is 88.9 Å². The van der Waals surface area contributed by atoms with Crippen molar-refractivity contribution < 1.29 is 9.59 Å². The van der Waals surface area contributed by atoms with E-state index >= 15 is 0 Å². The summed E-state index contributed by atoms with van der Waals surface area (Å²) in [6.07, 6.45) is 2.79. The molecular formula is C18H25N5O2S. The third kappa shape index (κ3) is 6.18. The van der Waals surface area contributed by atoms with Crippen LogP contribution < -0.4 is 10.6 Å². The number of amides is 2. The van der Waals surface area contributed by atoms with Crippen LogP contribution in [0.4, 0.5) is 0 Å². The quantitative estimate of drug-likeness (QED) is 0.655. The highest BCUT2D eigenvalue weighted by Crippen LogP contribution is 2.19. The predicted molar refractivity (Wildman–Crippen MR) is 102 cm³/mol. The lowest BCUT2D eigenvalue weighted by Crippen LogP contribution is -2.35. The van der Waals surface area contributed by atoms with Gasteiger partial charge >= 0.3 is 0 Å². The lowest BCUT2D eigenvalue weighted by Gasteiger charge is -2.11. The largest absolute Gasteiger partial charge is 0.355 e. The van der Waals surface area contributed by atoms with Gasteiger partial charge in [-0.15, -0.1) is 10.2 Å². The Morgan fingerprint density at radius 1 is 1.23 bits per heavy atom. The Bertz CT molecular complexity index is 729. The molecule has 7 nitrogen and oxygen atoms in total. The number of rotatable bonds is 9. The van der Waals surface area contributed by atoms with Crippen LogP contribution in [0.25, 0.3) is 5.69 Å². The zero-order valence-corrected chi connectivity index (χ0v) is 16.2. The number of thioether (sulfide) groups is 1. The average molecular weight is 375 g/mol. The molecule has 0 aliphatic heterocycles. The van der Waals surface area contributed by atoms with Gasteiger partial charge in [-0.2, -0.15) is 0 Å². The molecule has 0 aliphatic rings. The molecule has 0 saturated carbocycles.